The number of aromatic nitrogens is 2. The number of halogens is 5. The predicted molar refractivity (Wildman–Crippen MR) is 55.1 cm³/mol. The van der Waals surface area contributed by atoms with Crippen LogP contribution in [0.3, 0.4) is 0 Å². The van der Waals surface area contributed by atoms with E-state index in [1.54, 1.807) is 0 Å². The number of nitrogens with zero attached hydrogens (tertiary/aromatic N) is 2. The van der Waals surface area contributed by atoms with E-state index in [1.807, 2.05) is 0 Å². The molecule has 0 N–H and O–H groups in total. The van der Waals surface area contributed by atoms with Crippen molar-refractivity contribution in [2.24, 2.45) is 0 Å². The SMILES string of the molecule is FC(F)(F)c1cc(Cl)nc2sc(Br)nc12. The second kappa shape index (κ2) is 3.57. The van der Waals surface area contributed by atoms with Crippen LogP contribution in [0, 0.1) is 0 Å². The molecule has 0 saturated heterocycles. The van der Waals surface area contributed by atoms with Crippen LogP contribution in [-0.4, -0.2) is 9.97 Å². The Kier molecular flexibility index (Phi) is 2.64. The second-order valence-corrected chi connectivity index (χ2v) is 5.25. The molecule has 0 radical (unpaired) electrons. The van der Waals surface area contributed by atoms with E-state index in [4.69, 9.17) is 11.6 Å². The van der Waals surface area contributed by atoms with E-state index in [0.717, 1.165) is 17.4 Å². The first-order valence-corrected chi connectivity index (χ1v) is 5.56. The Morgan fingerprint density at radius 2 is 2.00 bits per heavy atom. The quantitative estimate of drug-likeness (QED) is 0.683. The molecule has 0 aromatic carbocycles. The van der Waals surface area contributed by atoms with Crippen LogP contribution >= 0.6 is 38.9 Å². The van der Waals surface area contributed by atoms with Crippen molar-refractivity contribution in [1.29, 1.82) is 0 Å². The van der Waals surface area contributed by atoms with Gasteiger partial charge in [0.25, 0.3) is 0 Å². The molecule has 0 spiro atoms. The molecule has 2 heterocycles. The standard InChI is InChI=1S/C7HBrClF3N2S/c8-6-14-4-2(7(10,11)12)1-3(9)13-5(4)15-6/h1H. The normalized spacial score (nSPS) is 12.3. The van der Waals surface area contributed by atoms with Crippen LogP contribution in [-0.2, 0) is 6.18 Å². The summed E-state index contributed by atoms with van der Waals surface area (Å²) in [5.74, 6) is 0. The maximum absolute atomic E-state index is 12.6. The molecule has 0 unspecified atom stereocenters. The predicted octanol–water partition coefficient (Wildman–Crippen LogP) is 4.13. The summed E-state index contributed by atoms with van der Waals surface area (Å²) in [6, 6.07) is 0.774. The van der Waals surface area contributed by atoms with Crippen molar-refractivity contribution in [3.63, 3.8) is 0 Å². The summed E-state index contributed by atoms with van der Waals surface area (Å²) in [4.78, 5) is 7.65. The van der Waals surface area contributed by atoms with E-state index < -0.39 is 11.7 Å². The van der Waals surface area contributed by atoms with Gasteiger partial charge in [-0.3, -0.25) is 0 Å². The number of thiazole rings is 1. The highest BCUT2D eigenvalue weighted by molar-refractivity contribution is 9.11. The molecule has 2 nitrogen and oxygen atoms in total. The Hall–Kier alpha value is -0.400. The van der Waals surface area contributed by atoms with Crippen molar-refractivity contribution in [3.8, 4) is 0 Å². The summed E-state index contributed by atoms with van der Waals surface area (Å²) < 4.78 is 38.1. The Balaban J connectivity index is 2.82. The van der Waals surface area contributed by atoms with Crippen molar-refractivity contribution in [2.75, 3.05) is 0 Å². The first-order chi connectivity index (χ1) is 6.88. The lowest BCUT2D eigenvalue weighted by molar-refractivity contribution is -0.136. The van der Waals surface area contributed by atoms with Gasteiger partial charge in [0, 0.05) is 0 Å². The van der Waals surface area contributed by atoms with Crippen LogP contribution in [0.2, 0.25) is 5.15 Å². The van der Waals surface area contributed by atoms with Gasteiger partial charge in [-0.1, -0.05) is 22.9 Å². The molecule has 2 rings (SSSR count). The highest BCUT2D eigenvalue weighted by Crippen LogP contribution is 2.37. The van der Waals surface area contributed by atoms with Gasteiger partial charge in [0.15, 0.2) is 3.92 Å². The number of rotatable bonds is 0. The fourth-order valence-electron chi connectivity index (χ4n) is 1.07. The molecule has 0 aliphatic rings. The minimum Gasteiger partial charge on any atom is -0.227 e. The van der Waals surface area contributed by atoms with Gasteiger partial charge in [-0.2, -0.15) is 13.2 Å². The van der Waals surface area contributed by atoms with Crippen LogP contribution in [0.15, 0.2) is 9.98 Å². The van der Waals surface area contributed by atoms with Gasteiger partial charge in [-0.15, -0.1) is 0 Å². The molecular formula is C7HBrClF3N2S. The smallest absolute Gasteiger partial charge is 0.227 e. The van der Waals surface area contributed by atoms with Gasteiger partial charge in [-0.25, -0.2) is 9.97 Å². The number of pyridine rings is 1. The molecule has 0 amide bonds. The number of hydrogen-bond acceptors (Lipinski definition) is 3. The molecule has 0 aliphatic carbocycles. The fraction of sp³-hybridized carbons (Fsp3) is 0.143. The summed E-state index contributed by atoms with van der Waals surface area (Å²) in [5, 5.41) is -0.189. The highest BCUT2D eigenvalue weighted by atomic mass is 79.9. The topological polar surface area (TPSA) is 25.8 Å². The molecule has 0 saturated carbocycles. The third-order valence-electron chi connectivity index (χ3n) is 1.62. The maximum Gasteiger partial charge on any atom is 0.418 e. The Bertz CT molecular complexity index is 525. The summed E-state index contributed by atoms with van der Waals surface area (Å²) >= 11 is 9.51. The third-order valence-corrected chi connectivity index (χ3v) is 3.21. The van der Waals surface area contributed by atoms with Gasteiger partial charge in [0.2, 0.25) is 0 Å². The van der Waals surface area contributed by atoms with Crippen molar-refractivity contribution in [2.45, 2.75) is 6.18 Å². The zero-order chi connectivity index (χ0) is 11.2. The average Bonchev–Trinajstić information content (AvgIpc) is 2.41. The zero-order valence-corrected chi connectivity index (χ0v) is 9.93. The van der Waals surface area contributed by atoms with Crippen LogP contribution in [0.1, 0.15) is 5.56 Å². The van der Waals surface area contributed by atoms with Crippen LogP contribution in [0.4, 0.5) is 13.2 Å². The van der Waals surface area contributed by atoms with Gasteiger partial charge in [0.1, 0.15) is 15.5 Å². The molecule has 0 bridgehead atoms. The lowest BCUT2D eigenvalue weighted by Gasteiger charge is -2.06. The van der Waals surface area contributed by atoms with Crippen LogP contribution < -0.4 is 0 Å². The molecule has 0 atom stereocenters. The minimum atomic E-state index is -4.47. The summed E-state index contributed by atoms with van der Waals surface area (Å²) in [6.45, 7) is 0. The van der Waals surface area contributed by atoms with Crippen LogP contribution in [0.5, 0.6) is 0 Å². The third kappa shape index (κ3) is 2.09. The van der Waals surface area contributed by atoms with Gasteiger partial charge >= 0.3 is 6.18 Å². The molecule has 8 heteroatoms. The second-order valence-electron chi connectivity index (χ2n) is 2.61. The van der Waals surface area contributed by atoms with E-state index in [9.17, 15) is 13.2 Å². The monoisotopic (exact) mass is 316 g/mol. The maximum atomic E-state index is 12.6. The lowest BCUT2D eigenvalue weighted by atomic mass is 10.2. The molecule has 0 fully saturated rings. The van der Waals surface area contributed by atoms with E-state index in [2.05, 4.69) is 25.9 Å². The van der Waals surface area contributed by atoms with Crippen LogP contribution in [0.25, 0.3) is 10.3 Å². The van der Waals surface area contributed by atoms with E-state index in [-0.39, 0.29) is 15.5 Å². The van der Waals surface area contributed by atoms with Gasteiger partial charge < -0.3 is 0 Å². The summed E-state index contributed by atoms with van der Waals surface area (Å²) in [5.41, 5.74) is -1.04. The minimum absolute atomic E-state index is 0.168. The number of hydrogen-bond donors (Lipinski definition) is 0. The first kappa shape index (κ1) is 11.1. The van der Waals surface area contributed by atoms with Gasteiger partial charge in [-0.05, 0) is 22.0 Å². The average molecular weight is 318 g/mol. The highest BCUT2D eigenvalue weighted by Gasteiger charge is 2.34. The Morgan fingerprint density at radius 3 is 2.60 bits per heavy atom. The largest absolute Gasteiger partial charge is 0.418 e. The van der Waals surface area contributed by atoms with E-state index in [0.29, 0.717) is 3.92 Å². The zero-order valence-electron chi connectivity index (χ0n) is 6.77. The van der Waals surface area contributed by atoms with Crippen molar-refractivity contribution in [3.05, 3.63) is 20.7 Å². The summed E-state index contributed by atoms with van der Waals surface area (Å²) in [7, 11) is 0. The Morgan fingerprint density at radius 1 is 1.33 bits per heavy atom. The fourth-order valence-corrected chi connectivity index (χ4v) is 2.64. The van der Waals surface area contributed by atoms with E-state index >= 15 is 0 Å². The molecule has 2 aromatic rings. The molecule has 80 valence electrons. The number of fused-ring (bicyclic) bond motifs is 1. The molecule has 2 aromatic heterocycles. The first-order valence-electron chi connectivity index (χ1n) is 3.57. The molecular weight excluding hydrogens is 317 g/mol. The van der Waals surface area contributed by atoms with Crippen molar-refractivity contribution < 1.29 is 13.2 Å². The molecule has 15 heavy (non-hydrogen) atoms. The van der Waals surface area contributed by atoms with Gasteiger partial charge in [0.05, 0.1) is 5.56 Å². The lowest BCUT2D eigenvalue weighted by Crippen LogP contribution is -2.06. The number of alkyl halides is 3. The Labute approximate surface area is 99.2 Å². The molecule has 0 aliphatic heterocycles. The van der Waals surface area contributed by atoms with Crippen molar-refractivity contribution >= 4 is 49.2 Å². The summed E-state index contributed by atoms with van der Waals surface area (Å²) in [6.07, 6.45) is -4.47. The van der Waals surface area contributed by atoms with E-state index in [1.165, 1.54) is 0 Å². The van der Waals surface area contributed by atoms with Crippen molar-refractivity contribution in [1.82, 2.24) is 9.97 Å².